The number of rotatable bonds is 7. The van der Waals surface area contributed by atoms with Gasteiger partial charge in [0.25, 0.3) is 0 Å². The maximum Gasteiger partial charge on any atom is 0.325 e. The number of nitrogens with one attached hydrogen (secondary N) is 3. The monoisotopic (exact) mass is 242 g/mol. The van der Waals surface area contributed by atoms with Crippen molar-refractivity contribution in [3.8, 4) is 0 Å². The largest absolute Gasteiger partial charge is 0.353 e. The third-order valence-corrected chi connectivity index (χ3v) is 2.25. The minimum atomic E-state index is -0.505. The van der Waals surface area contributed by atoms with Crippen molar-refractivity contribution in [2.24, 2.45) is 0 Å². The maximum atomic E-state index is 11.4. The summed E-state index contributed by atoms with van der Waals surface area (Å²) in [6.07, 6.45) is 1.05. The van der Waals surface area contributed by atoms with Gasteiger partial charge in [-0.25, -0.2) is 4.79 Å². The van der Waals surface area contributed by atoms with Crippen LogP contribution in [0.15, 0.2) is 0 Å². The van der Waals surface area contributed by atoms with Gasteiger partial charge in [0.2, 0.25) is 11.8 Å². The average Bonchev–Trinajstić information content (AvgIpc) is 2.57. The molecular weight excluding hydrogens is 224 g/mol. The van der Waals surface area contributed by atoms with Crippen LogP contribution in [-0.4, -0.2) is 55.5 Å². The Morgan fingerprint density at radius 3 is 2.71 bits per heavy atom. The Bertz CT molecular complexity index is 306. The highest BCUT2D eigenvalue weighted by molar-refractivity contribution is 6.03. The normalized spacial score (nSPS) is 15.0. The van der Waals surface area contributed by atoms with Crippen molar-refractivity contribution in [3.63, 3.8) is 0 Å². The first-order valence-corrected chi connectivity index (χ1v) is 5.69. The molecule has 0 unspecified atom stereocenters. The van der Waals surface area contributed by atoms with E-state index < -0.39 is 6.03 Å². The first-order chi connectivity index (χ1) is 8.13. The van der Waals surface area contributed by atoms with Crippen LogP contribution in [0.3, 0.4) is 0 Å². The summed E-state index contributed by atoms with van der Waals surface area (Å²) in [4.78, 5) is 34.6. The summed E-state index contributed by atoms with van der Waals surface area (Å²) >= 11 is 0. The number of urea groups is 1. The van der Waals surface area contributed by atoms with Gasteiger partial charge in [0.1, 0.15) is 13.1 Å². The molecule has 0 saturated carbocycles. The second-order valence-corrected chi connectivity index (χ2v) is 3.81. The van der Waals surface area contributed by atoms with Gasteiger partial charge in [-0.1, -0.05) is 6.92 Å². The first-order valence-electron chi connectivity index (χ1n) is 5.69. The molecule has 1 rings (SSSR count). The lowest BCUT2D eigenvalue weighted by atomic mass is 10.4. The quantitative estimate of drug-likeness (QED) is 0.380. The molecule has 17 heavy (non-hydrogen) atoms. The molecule has 7 heteroatoms. The van der Waals surface area contributed by atoms with Crippen molar-refractivity contribution >= 4 is 17.8 Å². The Balaban J connectivity index is 2.12. The number of nitrogens with zero attached hydrogens (tertiary/aromatic N) is 1. The fourth-order valence-electron chi connectivity index (χ4n) is 1.43. The van der Waals surface area contributed by atoms with E-state index >= 15 is 0 Å². The molecule has 7 nitrogen and oxygen atoms in total. The van der Waals surface area contributed by atoms with Crippen molar-refractivity contribution < 1.29 is 14.4 Å². The van der Waals surface area contributed by atoms with E-state index in [1.54, 1.807) is 0 Å². The van der Waals surface area contributed by atoms with Crippen LogP contribution in [0, 0.1) is 0 Å². The Morgan fingerprint density at radius 1 is 1.35 bits per heavy atom. The van der Waals surface area contributed by atoms with Crippen LogP contribution in [-0.2, 0) is 9.59 Å². The molecule has 3 N–H and O–H groups in total. The number of amides is 4. The average molecular weight is 242 g/mol. The molecule has 4 amide bonds. The fraction of sp³-hybridized carbons (Fsp3) is 0.700. The molecule has 96 valence electrons. The summed E-state index contributed by atoms with van der Waals surface area (Å²) in [7, 11) is 0. The van der Waals surface area contributed by atoms with E-state index in [4.69, 9.17) is 0 Å². The maximum absolute atomic E-state index is 11.4. The molecule has 1 fully saturated rings. The van der Waals surface area contributed by atoms with Gasteiger partial charge >= 0.3 is 6.03 Å². The van der Waals surface area contributed by atoms with E-state index in [0.29, 0.717) is 13.1 Å². The summed E-state index contributed by atoms with van der Waals surface area (Å²) < 4.78 is 0. The van der Waals surface area contributed by atoms with E-state index in [9.17, 15) is 14.4 Å². The molecule has 1 saturated heterocycles. The third kappa shape index (κ3) is 4.81. The Morgan fingerprint density at radius 2 is 2.12 bits per heavy atom. The van der Waals surface area contributed by atoms with E-state index in [2.05, 4.69) is 22.9 Å². The molecule has 1 aliphatic rings. The zero-order valence-electron chi connectivity index (χ0n) is 9.91. The van der Waals surface area contributed by atoms with Crippen LogP contribution in [0.25, 0.3) is 0 Å². The van der Waals surface area contributed by atoms with Gasteiger partial charge in [0.15, 0.2) is 0 Å². The minimum absolute atomic E-state index is 0.0413. The first kappa shape index (κ1) is 13.4. The summed E-state index contributed by atoms with van der Waals surface area (Å²) in [6, 6.07) is -0.505. The summed E-state index contributed by atoms with van der Waals surface area (Å²) in [6.45, 7) is 4.08. The molecule has 0 radical (unpaired) electrons. The summed E-state index contributed by atoms with van der Waals surface area (Å²) in [5, 5.41) is 7.92. The lowest BCUT2D eigenvalue weighted by Gasteiger charge is -2.12. The van der Waals surface area contributed by atoms with Crippen LogP contribution in [0.5, 0.6) is 0 Å². The third-order valence-electron chi connectivity index (χ3n) is 2.25. The van der Waals surface area contributed by atoms with Crippen molar-refractivity contribution in [2.75, 3.05) is 32.7 Å². The second kappa shape index (κ2) is 6.85. The Hall–Kier alpha value is -1.63. The van der Waals surface area contributed by atoms with E-state index in [1.807, 2.05) is 0 Å². The molecule has 0 aromatic rings. The summed E-state index contributed by atoms with van der Waals surface area (Å²) in [5.74, 6) is -0.624. The predicted molar refractivity (Wildman–Crippen MR) is 61.3 cm³/mol. The Labute approximate surface area is 99.9 Å². The number of hydrogen-bond donors (Lipinski definition) is 3. The molecular formula is C10H18N4O3. The highest BCUT2D eigenvalue weighted by Crippen LogP contribution is 1.96. The molecule has 0 aromatic heterocycles. The SMILES string of the molecule is CCCNCCNC(=O)CN1CC(=O)NC1=O. The highest BCUT2D eigenvalue weighted by Gasteiger charge is 2.27. The van der Waals surface area contributed by atoms with E-state index in [1.165, 1.54) is 4.90 Å². The zero-order chi connectivity index (χ0) is 12.7. The van der Waals surface area contributed by atoms with Crippen molar-refractivity contribution in [2.45, 2.75) is 13.3 Å². The van der Waals surface area contributed by atoms with E-state index in [0.717, 1.165) is 13.0 Å². The second-order valence-electron chi connectivity index (χ2n) is 3.81. The van der Waals surface area contributed by atoms with Gasteiger partial charge in [0, 0.05) is 13.1 Å². The molecule has 0 aromatic carbocycles. The van der Waals surface area contributed by atoms with Gasteiger partial charge in [-0.3, -0.25) is 14.9 Å². The van der Waals surface area contributed by atoms with Gasteiger partial charge in [-0.2, -0.15) is 0 Å². The molecule has 1 aliphatic heterocycles. The molecule has 0 spiro atoms. The standard InChI is InChI=1S/C10H18N4O3/c1-2-3-11-4-5-12-8(15)6-14-7-9(16)13-10(14)17/h11H,2-7H2,1H3,(H,12,15)(H,13,16,17). The number of hydrogen-bond acceptors (Lipinski definition) is 4. The van der Waals surface area contributed by atoms with Crippen LogP contribution in [0.2, 0.25) is 0 Å². The topological polar surface area (TPSA) is 90.5 Å². The van der Waals surface area contributed by atoms with Crippen LogP contribution in [0.4, 0.5) is 4.79 Å². The van der Waals surface area contributed by atoms with Gasteiger partial charge in [-0.05, 0) is 13.0 Å². The highest BCUT2D eigenvalue weighted by atomic mass is 16.2. The zero-order valence-corrected chi connectivity index (χ0v) is 9.91. The number of carbonyl (C=O) groups excluding carboxylic acids is 3. The Kier molecular flexibility index (Phi) is 5.41. The fourth-order valence-corrected chi connectivity index (χ4v) is 1.43. The predicted octanol–water partition coefficient (Wildman–Crippen LogP) is -1.35. The summed E-state index contributed by atoms with van der Waals surface area (Å²) in [5.41, 5.74) is 0. The molecule has 0 atom stereocenters. The van der Waals surface area contributed by atoms with Crippen molar-refractivity contribution in [3.05, 3.63) is 0 Å². The van der Waals surface area contributed by atoms with Crippen molar-refractivity contribution in [1.29, 1.82) is 0 Å². The lowest BCUT2D eigenvalue weighted by Crippen LogP contribution is -2.41. The molecule has 0 aliphatic carbocycles. The minimum Gasteiger partial charge on any atom is -0.353 e. The smallest absolute Gasteiger partial charge is 0.325 e. The van der Waals surface area contributed by atoms with E-state index in [-0.39, 0.29) is 24.9 Å². The van der Waals surface area contributed by atoms with Gasteiger partial charge in [-0.15, -0.1) is 0 Å². The van der Waals surface area contributed by atoms with Gasteiger partial charge < -0.3 is 15.5 Å². The van der Waals surface area contributed by atoms with Crippen molar-refractivity contribution in [1.82, 2.24) is 20.9 Å². The molecule has 0 bridgehead atoms. The van der Waals surface area contributed by atoms with Crippen LogP contribution in [0.1, 0.15) is 13.3 Å². The van der Waals surface area contributed by atoms with Gasteiger partial charge in [0.05, 0.1) is 0 Å². The number of imide groups is 1. The van der Waals surface area contributed by atoms with Crippen LogP contribution < -0.4 is 16.0 Å². The number of carbonyl (C=O) groups is 3. The lowest BCUT2D eigenvalue weighted by molar-refractivity contribution is -0.121. The van der Waals surface area contributed by atoms with Crippen LogP contribution >= 0.6 is 0 Å². The molecule has 1 heterocycles.